The van der Waals surface area contributed by atoms with E-state index < -0.39 is 0 Å². The van der Waals surface area contributed by atoms with Gasteiger partial charge in [0.2, 0.25) is 0 Å². The first-order chi connectivity index (χ1) is 9.16. The zero-order valence-corrected chi connectivity index (χ0v) is 11.2. The molecule has 0 aromatic heterocycles. The van der Waals surface area contributed by atoms with Gasteiger partial charge in [0.25, 0.3) is 0 Å². The van der Waals surface area contributed by atoms with Crippen molar-refractivity contribution in [2.45, 2.75) is 19.3 Å². The highest BCUT2D eigenvalue weighted by Crippen LogP contribution is 2.18. The van der Waals surface area contributed by atoms with E-state index in [1.54, 1.807) is 24.3 Å². The number of carbonyl (C=O) groups is 2. The van der Waals surface area contributed by atoms with Crippen molar-refractivity contribution in [2.24, 2.45) is 5.92 Å². The minimum atomic E-state index is -0.321. The van der Waals surface area contributed by atoms with Crippen molar-refractivity contribution in [1.29, 1.82) is 0 Å². The molecule has 0 saturated carbocycles. The molecule has 1 aliphatic rings. The lowest BCUT2D eigenvalue weighted by Gasteiger charge is -2.14. The van der Waals surface area contributed by atoms with Gasteiger partial charge in [-0.05, 0) is 43.5 Å². The summed E-state index contributed by atoms with van der Waals surface area (Å²) in [6, 6.07) is 6.53. The molecule has 0 N–H and O–H groups in total. The second-order valence-electron chi connectivity index (χ2n) is 4.50. The van der Waals surface area contributed by atoms with Gasteiger partial charge in [0.1, 0.15) is 0 Å². The van der Waals surface area contributed by atoms with Crippen LogP contribution in [0.3, 0.4) is 0 Å². The van der Waals surface area contributed by atoms with Gasteiger partial charge in [-0.3, -0.25) is 9.59 Å². The van der Waals surface area contributed by atoms with Gasteiger partial charge < -0.3 is 4.74 Å². The number of allylic oxidation sites excluding steroid dienone is 1. The van der Waals surface area contributed by atoms with Gasteiger partial charge in [0.15, 0.2) is 12.4 Å². The highest BCUT2D eigenvalue weighted by molar-refractivity contribution is 6.30. The number of esters is 1. The van der Waals surface area contributed by atoms with E-state index in [-0.39, 0.29) is 24.3 Å². The standard InChI is InChI=1S/C15H15ClO3/c16-13-8-6-11(7-9-13)14(17)10-19-15(18)12-4-2-1-3-5-12/h2,4,6-9,12H,1,3,5,10H2/t12-/m0/s1. The smallest absolute Gasteiger partial charge is 0.313 e. The summed E-state index contributed by atoms with van der Waals surface area (Å²) >= 11 is 5.74. The van der Waals surface area contributed by atoms with Crippen LogP contribution in [-0.2, 0) is 9.53 Å². The van der Waals surface area contributed by atoms with Crippen molar-refractivity contribution in [3.63, 3.8) is 0 Å². The fraction of sp³-hybridized carbons (Fsp3) is 0.333. The average molecular weight is 279 g/mol. The van der Waals surface area contributed by atoms with E-state index in [1.807, 2.05) is 12.2 Å². The average Bonchev–Trinajstić information content (AvgIpc) is 2.46. The summed E-state index contributed by atoms with van der Waals surface area (Å²) in [6.07, 6.45) is 6.63. The Morgan fingerprint density at radius 3 is 2.63 bits per heavy atom. The Bertz CT molecular complexity index is 491. The van der Waals surface area contributed by atoms with Gasteiger partial charge in [0.05, 0.1) is 5.92 Å². The Labute approximate surface area is 117 Å². The molecule has 0 bridgehead atoms. The summed E-state index contributed by atoms with van der Waals surface area (Å²) < 4.78 is 5.06. The first-order valence-corrected chi connectivity index (χ1v) is 6.66. The number of ether oxygens (including phenoxy) is 1. The van der Waals surface area contributed by atoms with Crippen LogP contribution in [-0.4, -0.2) is 18.4 Å². The molecule has 3 nitrogen and oxygen atoms in total. The molecule has 1 aliphatic carbocycles. The van der Waals surface area contributed by atoms with Crippen LogP contribution in [0, 0.1) is 5.92 Å². The third-order valence-electron chi connectivity index (χ3n) is 3.07. The molecule has 0 aliphatic heterocycles. The first-order valence-electron chi connectivity index (χ1n) is 6.29. The van der Waals surface area contributed by atoms with Crippen LogP contribution in [0.25, 0.3) is 0 Å². The summed E-state index contributed by atoms with van der Waals surface area (Å²) in [6.45, 7) is -0.217. The maximum Gasteiger partial charge on any atom is 0.313 e. The van der Waals surface area contributed by atoms with E-state index >= 15 is 0 Å². The van der Waals surface area contributed by atoms with E-state index in [2.05, 4.69) is 0 Å². The number of carbonyl (C=O) groups excluding carboxylic acids is 2. The number of Topliss-reactive ketones (excluding diaryl/α,β-unsaturated/α-hetero) is 1. The summed E-state index contributed by atoms with van der Waals surface area (Å²) in [5.41, 5.74) is 0.497. The highest BCUT2D eigenvalue weighted by Gasteiger charge is 2.19. The number of benzene rings is 1. The van der Waals surface area contributed by atoms with Crippen LogP contribution in [0.1, 0.15) is 29.6 Å². The normalized spacial score (nSPS) is 18.1. The molecule has 0 heterocycles. The molecule has 4 heteroatoms. The number of ketones is 1. The summed E-state index contributed by atoms with van der Waals surface area (Å²) in [5.74, 6) is -0.741. The second-order valence-corrected chi connectivity index (χ2v) is 4.94. The van der Waals surface area contributed by atoms with Crippen LogP contribution in [0.5, 0.6) is 0 Å². The van der Waals surface area contributed by atoms with Crippen LogP contribution >= 0.6 is 11.6 Å². The zero-order chi connectivity index (χ0) is 13.7. The number of rotatable bonds is 4. The monoisotopic (exact) mass is 278 g/mol. The van der Waals surface area contributed by atoms with Gasteiger partial charge in [-0.25, -0.2) is 0 Å². The predicted octanol–water partition coefficient (Wildman–Crippen LogP) is 3.42. The van der Waals surface area contributed by atoms with Gasteiger partial charge in [-0.15, -0.1) is 0 Å². The van der Waals surface area contributed by atoms with Crippen LogP contribution < -0.4 is 0 Å². The Morgan fingerprint density at radius 1 is 1.26 bits per heavy atom. The minimum Gasteiger partial charge on any atom is -0.457 e. The number of hydrogen-bond donors (Lipinski definition) is 0. The van der Waals surface area contributed by atoms with Gasteiger partial charge in [0, 0.05) is 10.6 Å². The van der Waals surface area contributed by atoms with E-state index in [0.717, 1.165) is 19.3 Å². The molecule has 0 amide bonds. The second kappa shape index (κ2) is 6.53. The zero-order valence-electron chi connectivity index (χ0n) is 10.5. The topological polar surface area (TPSA) is 43.4 Å². The van der Waals surface area contributed by atoms with Crippen molar-refractivity contribution in [3.8, 4) is 0 Å². The van der Waals surface area contributed by atoms with E-state index in [1.165, 1.54) is 0 Å². The van der Waals surface area contributed by atoms with Crippen molar-refractivity contribution >= 4 is 23.4 Å². The van der Waals surface area contributed by atoms with Gasteiger partial charge in [-0.1, -0.05) is 23.8 Å². The lowest BCUT2D eigenvalue weighted by atomic mass is 9.96. The maximum atomic E-state index is 11.8. The van der Waals surface area contributed by atoms with Crippen LogP contribution in [0.2, 0.25) is 5.02 Å². The Morgan fingerprint density at radius 2 is 2.00 bits per heavy atom. The molecule has 1 aromatic rings. The molecule has 2 rings (SSSR count). The van der Waals surface area contributed by atoms with E-state index in [4.69, 9.17) is 16.3 Å². The first kappa shape index (κ1) is 13.8. The molecule has 19 heavy (non-hydrogen) atoms. The molecule has 0 saturated heterocycles. The maximum absolute atomic E-state index is 11.8. The molecule has 1 aromatic carbocycles. The molecule has 0 unspecified atom stereocenters. The van der Waals surface area contributed by atoms with Crippen LogP contribution in [0.15, 0.2) is 36.4 Å². The number of halogens is 1. The van der Waals surface area contributed by atoms with Crippen molar-refractivity contribution in [2.75, 3.05) is 6.61 Å². The Hall–Kier alpha value is -1.61. The van der Waals surface area contributed by atoms with Gasteiger partial charge >= 0.3 is 5.97 Å². The molecular weight excluding hydrogens is 264 g/mol. The molecule has 0 fully saturated rings. The molecule has 0 spiro atoms. The number of hydrogen-bond acceptors (Lipinski definition) is 3. The van der Waals surface area contributed by atoms with Crippen molar-refractivity contribution < 1.29 is 14.3 Å². The predicted molar refractivity (Wildman–Crippen MR) is 73.2 cm³/mol. The lowest BCUT2D eigenvalue weighted by Crippen LogP contribution is -2.21. The van der Waals surface area contributed by atoms with Crippen molar-refractivity contribution in [1.82, 2.24) is 0 Å². The van der Waals surface area contributed by atoms with Crippen LogP contribution in [0.4, 0.5) is 0 Å². The fourth-order valence-electron chi connectivity index (χ4n) is 1.97. The Kier molecular flexibility index (Phi) is 4.74. The minimum absolute atomic E-state index is 0.202. The summed E-state index contributed by atoms with van der Waals surface area (Å²) in [4.78, 5) is 23.5. The SMILES string of the molecule is O=C(COC(=O)[C@H]1C=CCCC1)c1ccc(Cl)cc1. The highest BCUT2D eigenvalue weighted by atomic mass is 35.5. The quantitative estimate of drug-likeness (QED) is 0.481. The van der Waals surface area contributed by atoms with E-state index in [9.17, 15) is 9.59 Å². The third-order valence-corrected chi connectivity index (χ3v) is 3.32. The fourth-order valence-corrected chi connectivity index (χ4v) is 2.10. The van der Waals surface area contributed by atoms with Crippen molar-refractivity contribution in [3.05, 3.63) is 47.0 Å². The van der Waals surface area contributed by atoms with E-state index in [0.29, 0.717) is 10.6 Å². The summed E-state index contributed by atoms with van der Waals surface area (Å²) in [7, 11) is 0. The molecule has 100 valence electrons. The largest absolute Gasteiger partial charge is 0.457 e. The molecule has 0 radical (unpaired) electrons. The Balaban J connectivity index is 1.86. The summed E-state index contributed by atoms with van der Waals surface area (Å²) in [5, 5.41) is 0.570. The molecular formula is C15H15ClO3. The van der Waals surface area contributed by atoms with Gasteiger partial charge in [-0.2, -0.15) is 0 Å². The lowest BCUT2D eigenvalue weighted by molar-refractivity contribution is -0.146. The molecule has 1 atom stereocenters. The third kappa shape index (κ3) is 3.93.